The van der Waals surface area contributed by atoms with Crippen molar-refractivity contribution in [3.05, 3.63) is 249 Å². The average Bonchev–Trinajstić information content (AvgIpc) is 3.94. The molecule has 0 aliphatic heterocycles. The second-order valence-corrected chi connectivity index (χ2v) is 17.2. The van der Waals surface area contributed by atoms with Gasteiger partial charge in [0, 0.05) is 49.6 Å². The third kappa shape index (κ3) is 6.84. The highest BCUT2D eigenvalue weighted by Gasteiger charge is 2.17. The van der Waals surface area contributed by atoms with Crippen LogP contribution in [0.15, 0.2) is 249 Å². The monoisotopic (exact) mass is 867 g/mol. The van der Waals surface area contributed by atoms with Gasteiger partial charge in [-0.25, -0.2) is 15.0 Å². The average molecular weight is 868 g/mol. The molecule has 0 radical (unpaired) electrons. The minimum Gasteiger partial charge on any atom is -0.309 e. The lowest BCUT2D eigenvalue weighted by Gasteiger charge is -2.11. The molecule has 10 aromatic carbocycles. The molecule has 0 unspecified atom stereocenters. The Bertz CT molecular complexity index is 3910. The van der Waals surface area contributed by atoms with Gasteiger partial charge in [-0.3, -0.25) is 0 Å². The van der Waals surface area contributed by atoms with Crippen LogP contribution >= 0.6 is 0 Å². The Morgan fingerprint density at radius 1 is 0.206 bits per heavy atom. The molecule has 318 valence electrons. The number of rotatable bonds is 8. The van der Waals surface area contributed by atoms with Crippen molar-refractivity contribution in [2.75, 3.05) is 0 Å². The first-order valence-corrected chi connectivity index (χ1v) is 23.0. The van der Waals surface area contributed by atoms with Gasteiger partial charge in [0.15, 0.2) is 17.5 Å². The molecule has 0 saturated heterocycles. The summed E-state index contributed by atoms with van der Waals surface area (Å²) in [6.07, 6.45) is 0. The van der Waals surface area contributed by atoms with E-state index in [0.717, 1.165) is 39.1 Å². The van der Waals surface area contributed by atoms with Crippen LogP contribution in [0, 0.1) is 0 Å². The fourth-order valence-electron chi connectivity index (χ4n) is 9.84. The Morgan fingerprint density at radius 2 is 0.544 bits per heavy atom. The minimum atomic E-state index is 0.636. The van der Waals surface area contributed by atoms with Crippen molar-refractivity contribution < 1.29 is 0 Å². The van der Waals surface area contributed by atoms with Crippen molar-refractivity contribution in [3.8, 4) is 78.9 Å². The van der Waals surface area contributed by atoms with Crippen LogP contribution in [0.5, 0.6) is 0 Å². The van der Waals surface area contributed by atoms with E-state index in [1.54, 1.807) is 0 Å². The number of hydrogen-bond acceptors (Lipinski definition) is 3. The molecule has 3 aromatic heterocycles. The number of aromatic nitrogens is 5. The Morgan fingerprint density at radius 3 is 1.09 bits per heavy atom. The fraction of sp³-hybridized carbons (Fsp3) is 0. The Hall–Kier alpha value is -9.19. The largest absolute Gasteiger partial charge is 0.309 e. The van der Waals surface area contributed by atoms with Crippen LogP contribution in [-0.4, -0.2) is 24.1 Å². The van der Waals surface area contributed by atoms with Gasteiger partial charge < -0.3 is 9.13 Å². The van der Waals surface area contributed by atoms with Crippen molar-refractivity contribution >= 4 is 43.6 Å². The topological polar surface area (TPSA) is 48.5 Å². The highest BCUT2D eigenvalue weighted by atomic mass is 15.0. The SMILES string of the molecule is c1ccc(-c2nc(-c3ccccc3)nc(-c3ccc(-n4c5ccccc5c5cc(-c6ccc(-c7ccc(-c8ccc9c%10ccccc%10n(-c%10ccccc%10)c9c8)cc7)cc6)ccc54)cc3)n2)cc1. The van der Waals surface area contributed by atoms with E-state index in [-0.39, 0.29) is 0 Å². The van der Waals surface area contributed by atoms with Gasteiger partial charge >= 0.3 is 0 Å². The van der Waals surface area contributed by atoms with E-state index in [1.165, 1.54) is 66.0 Å². The van der Waals surface area contributed by atoms with Gasteiger partial charge in [-0.05, 0) is 100 Å². The van der Waals surface area contributed by atoms with Crippen molar-refractivity contribution in [1.29, 1.82) is 0 Å². The molecule has 5 nitrogen and oxygen atoms in total. The summed E-state index contributed by atoms with van der Waals surface area (Å²) in [4.78, 5) is 14.8. The van der Waals surface area contributed by atoms with Crippen LogP contribution in [0.3, 0.4) is 0 Å². The van der Waals surface area contributed by atoms with Crippen LogP contribution in [0.25, 0.3) is 123 Å². The minimum absolute atomic E-state index is 0.636. The summed E-state index contributed by atoms with van der Waals surface area (Å²) in [5.74, 6) is 1.93. The van der Waals surface area contributed by atoms with E-state index in [0.29, 0.717) is 17.5 Å². The zero-order valence-electron chi connectivity index (χ0n) is 36.9. The number of benzene rings is 10. The molecule has 13 aromatic rings. The van der Waals surface area contributed by atoms with Gasteiger partial charge in [0.05, 0.1) is 22.1 Å². The third-order valence-electron chi connectivity index (χ3n) is 13.2. The lowest BCUT2D eigenvalue weighted by atomic mass is 9.97. The third-order valence-corrected chi connectivity index (χ3v) is 13.2. The molecule has 0 N–H and O–H groups in total. The van der Waals surface area contributed by atoms with Gasteiger partial charge in [-0.2, -0.15) is 0 Å². The Labute approximate surface area is 393 Å². The first-order valence-electron chi connectivity index (χ1n) is 23.0. The van der Waals surface area contributed by atoms with Crippen molar-refractivity contribution in [2.45, 2.75) is 0 Å². The molecule has 0 amide bonds. The summed E-state index contributed by atoms with van der Waals surface area (Å²) in [5.41, 5.74) is 16.9. The van der Waals surface area contributed by atoms with Gasteiger partial charge in [-0.1, -0.05) is 182 Å². The van der Waals surface area contributed by atoms with Crippen LogP contribution in [-0.2, 0) is 0 Å². The van der Waals surface area contributed by atoms with Crippen molar-refractivity contribution in [1.82, 2.24) is 24.1 Å². The van der Waals surface area contributed by atoms with Crippen LogP contribution < -0.4 is 0 Å². The highest BCUT2D eigenvalue weighted by molar-refractivity contribution is 6.11. The number of nitrogens with zero attached hydrogens (tertiary/aromatic N) is 5. The quantitative estimate of drug-likeness (QED) is 0.153. The maximum absolute atomic E-state index is 4.96. The summed E-state index contributed by atoms with van der Waals surface area (Å²) in [7, 11) is 0. The normalized spacial score (nSPS) is 11.5. The van der Waals surface area contributed by atoms with E-state index in [1.807, 2.05) is 60.7 Å². The zero-order valence-corrected chi connectivity index (χ0v) is 36.9. The van der Waals surface area contributed by atoms with E-state index < -0.39 is 0 Å². The summed E-state index contributed by atoms with van der Waals surface area (Å²) >= 11 is 0. The van der Waals surface area contributed by atoms with Crippen LogP contribution in [0.2, 0.25) is 0 Å². The maximum Gasteiger partial charge on any atom is 0.164 e. The Kier molecular flexibility index (Phi) is 9.43. The van der Waals surface area contributed by atoms with Gasteiger partial charge in [0.2, 0.25) is 0 Å². The van der Waals surface area contributed by atoms with E-state index >= 15 is 0 Å². The van der Waals surface area contributed by atoms with E-state index in [4.69, 9.17) is 15.0 Å². The number of para-hydroxylation sites is 3. The molecule has 3 heterocycles. The second-order valence-electron chi connectivity index (χ2n) is 17.2. The zero-order chi connectivity index (χ0) is 45.0. The first kappa shape index (κ1) is 39.2. The maximum atomic E-state index is 4.96. The molecule has 68 heavy (non-hydrogen) atoms. The van der Waals surface area contributed by atoms with E-state index in [2.05, 4.69) is 197 Å². The molecule has 0 atom stereocenters. The molecule has 0 spiro atoms. The molecule has 0 aliphatic carbocycles. The van der Waals surface area contributed by atoms with Crippen LogP contribution in [0.4, 0.5) is 0 Å². The molecule has 0 bridgehead atoms. The lowest BCUT2D eigenvalue weighted by Crippen LogP contribution is -2.00. The van der Waals surface area contributed by atoms with Crippen LogP contribution in [0.1, 0.15) is 0 Å². The standard InChI is InChI=1S/C63H41N5/c1-4-14-46(15-5-1)61-64-62(47-16-6-2-7-17-47)66-63(65-61)48-32-36-52(37-33-48)67-58-23-13-11-21-54(58)56-40-49(35-39-59(56)67)44-28-24-42(25-29-44)43-26-30-45(31-27-43)50-34-38-55-53-20-10-12-22-57(53)68(60(55)41-50)51-18-8-3-9-19-51/h1-41H. The molecule has 0 saturated carbocycles. The second kappa shape index (κ2) is 16.4. The predicted molar refractivity (Wildman–Crippen MR) is 281 cm³/mol. The first-order chi connectivity index (χ1) is 33.7. The Balaban J connectivity index is 0.794. The number of fused-ring (bicyclic) bond motifs is 6. The molecule has 13 rings (SSSR count). The molecule has 0 fully saturated rings. The molecular formula is C63H41N5. The summed E-state index contributed by atoms with van der Waals surface area (Å²) < 4.78 is 4.73. The van der Waals surface area contributed by atoms with Gasteiger partial charge in [0.25, 0.3) is 0 Å². The smallest absolute Gasteiger partial charge is 0.164 e. The predicted octanol–water partition coefficient (Wildman–Crippen LogP) is 16.1. The molecule has 5 heteroatoms. The summed E-state index contributed by atoms with van der Waals surface area (Å²) in [6.45, 7) is 0. The van der Waals surface area contributed by atoms with E-state index in [9.17, 15) is 0 Å². The highest BCUT2D eigenvalue weighted by Crippen LogP contribution is 2.38. The van der Waals surface area contributed by atoms with Crippen molar-refractivity contribution in [2.24, 2.45) is 0 Å². The lowest BCUT2D eigenvalue weighted by molar-refractivity contribution is 1.07. The molecule has 0 aliphatic rings. The summed E-state index contributed by atoms with van der Waals surface area (Å²) in [6, 6.07) is 88.4. The fourth-order valence-corrected chi connectivity index (χ4v) is 9.84. The van der Waals surface area contributed by atoms with Gasteiger partial charge in [0.1, 0.15) is 0 Å². The number of hydrogen-bond donors (Lipinski definition) is 0. The summed E-state index contributed by atoms with van der Waals surface area (Å²) in [5, 5.41) is 4.94. The van der Waals surface area contributed by atoms with Gasteiger partial charge in [-0.15, -0.1) is 0 Å². The van der Waals surface area contributed by atoms with Crippen molar-refractivity contribution in [3.63, 3.8) is 0 Å². The molecular weight excluding hydrogens is 827 g/mol.